The molecule has 2 amide bonds. The summed E-state index contributed by atoms with van der Waals surface area (Å²) in [5.74, 6) is -0.241. The van der Waals surface area contributed by atoms with E-state index in [2.05, 4.69) is 0 Å². The first-order chi connectivity index (χ1) is 10.3. The molecule has 0 aromatic carbocycles. The molecule has 2 saturated heterocycles. The van der Waals surface area contributed by atoms with E-state index in [1.165, 1.54) is 7.05 Å². The van der Waals surface area contributed by atoms with Crippen molar-refractivity contribution in [3.05, 3.63) is 0 Å². The van der Waals surface area contributed by atoms with Crippen LogP contribution in [0.1, 0.15) is 12.8 Å². The van der Waals surface area contributed by atoms with E-state index >= 15 is 0 Å². The van der Waals surface area contributed by atoms with Gasteiger partial charge in [0.1, 0.15) is 6.10 Å². The Labute approximate surface area is 131 Å². The lowest BCUT2D eigenvalue weighted by atomic mass is 10.2. The largest absolute Gasteiger partial charge is 0.368 e. The fourth-order valence-electron chi connectivity index (χ4n) is 2.56. The summed E-state index contributed by atoms with van der Waals surface area (Å²) in [5.41, 5.74) is 0. The number of hydrogen-bond donors (Lipinski definition) is 0. The van der Waals surface area contributed by atoms with Crippen LogP contribution in [0.4, 0.5) is 0 Å². The summed E-state index contributed by atoms with van der Waals surface area (Å²) in [6.45, 7) is 2.25. The molecule has 2 aliphatic heterocycles. The van der Waals surface area contributed by atoms with Gasteiger partial charge in [-0.15, -0.1) is 0 Å². The lowest BCUT2D eigenvalue weighted by Crippen LogP contribution is -2.54. The maximum Gasteiger partial charge on any atom is 0.251 e. The Hall–Kier alpha value is -1.19. The third-order valence-electron chi connectivity index (χ3n) is 4.07. The molecule has 1 unspecified atom stereocenters. The van der Waals surface area contributed by atoms with Crippen LogP contribution < -0.4 is 0 Å². The predicted octanol–water partition coefficient (Wildman–Crippen LogP) is -1.27. The van der Waals surface area contributed by atoms with E-state index in [9.17, 15) is 18.0 Å². The molecule has 0 spiro atoms. The van der Waals surface area contributed by atoms with Crippen molar-refractivity contribution in [2.45, 2.75) is 18.9 Å². The number of nitrogens with zero attached hydrogens (tertiary/aromatic N) is 3. The van der Waals surface area contributed by atoms with Crippen LogP contribution in [0, 0.1) is 0 Å². The number of carbonyl (C=O) groups excluding carboxylic acids is 2. The van der Waals surface area contributed by atoms with Crippen LogP contribution in [0.25, 0.3) is 0 Å². The van der Waals surface area contributed by atoms with Crippen molar-refractivity contribution < 1.29 is 22.7 Å². The number of ether oxygens (including phenoxy) is 1. The normalized spacial score (nSPS) is 23.1. The van der Waals surface area contributed by atoms with Gasteiger partial charge in [0, 0.05) is 39.8 Å². The standard InChI is InChI=1S/C13H23N3O5S/c1-14(22(2,19)20)10-12(17)15-5-7-16(8-6-15)13(18)11-4-3-9-21-11/h11H,3-10H2,1-2H3. The molecule has 2 aliphatic rings. The van der Waals surface area contributed by atoms with Gasteiger partial charge in [-0.05, 0) is 12.8 Å². The van der Waals surface area contributed by atoms with Crippen molar-refractivity contribution >= 4 is 21.8 Å². The van der Waals surface area contributed by atoms with E-state index < -0.39 is 10.0 Å². The maximum atomic E-state index is 12.2. The molecular weight excluding hydrogens is 310 g/mol. The van der Waals surface area contributed by atoms with Gasteiger partial charge in [-0.2, -0.15) is 4.31 Å². The fraction of sp³-hybridized carbons (Fsp3) is 0.846. The first-order valence-corrected chi connectivity index (χ1v) is 9.23. The van der Waals surface area contributed by atoms with Crippen molar-refractivity contribution in [2.75, 3.05) is 52.6 Å². The first kappa shape index (κ1) is 17.2. The summed E-state index contributed by atoms with van der Waals surface area (Å²) in [5, 5.41) is 0. The third-order valence-corrected chi connectivity index (χ3v) is 5.33. The van der Waals surface area contributed by atoms with Crippen LogP contribution in [0.5, 0.6) is 0 Å². The molecule has 0 saturated carbocycles. The average molecular weight is 333 g/mol. The zero-order valence-electron chi connectivity index (χ0n) is 13.0. The highest BCUT2D eigenvalue weighted by Crippen LogP contribution is 2.16. The number of hydrogen-bond acceptors (Lipinski definition) is 5. The number of sulfonamides is 1. The highest BCUT2D eigenvalue weighted by Gasteiger charge is 2.31. The van der Waals surface area contributed by atoms with Crippen LogP contribution in [-0.4, -0.2) is 93.1 Å². The van der Waals surface area contributed by atoms with Gasteiger partial charge < -0.3 is 14.5 Å². The zero-order chi connectivity index (χ0) is 16.3. The molecule has 2 rings (SSSR count). The van der Waals surface area contributed by atoms with E-state index in [1.807, 2.05) is 0 Å². The Morgan fingerprint density at radius 1 is 1.18 bits per heavy atom. The van der Waals surface area contributed by atoms with Crippen molar-refractivity contribution in [3.63, 3.8) is 0 Å². The SMILES string of the molecule is CN(CC(=O)N1CCN(C(=O)C2CCCO2)CC1)S(C)(=O)=O. The Kier molecular flexibility index (Phi) is 5.41. The van der Waals surface area contributed by atoms with Gasteiger partial charge in [0.15, 0.2) is 0 Å². The minimum atomic E-state index is -3.37. The summed E-state index contributed by atoms with van der Waals surface area (Å²) in [6, 6.07) is 0. The fourth-order valence-corrected chi connectivity index (χ4v) is 2.90. The number of rotatable bonds is 4. The first-order valence-electron chi connectivity index (χ1n) is 7.38. The second-order valence-electron chi connectivity index (χ2n) is 5.73. The molecule has 126 valence electrons. The summed E-state index contributed by atoms with van der Waals surface area (Å²) < 4.78 is 29.1. The molecule has 2 heterocycles. The zero-order valence-corrected chi connectivity index (χ0v) is 13.8. The van der Waals surface area contributed by atoms with Gasteiger partial charge in [-0.1, -0.05) is 0 Å². The molecule has 22 heavy (non-hydrogen) atoms. The molecule has 8 nitrogen and oxygen atoms in total. The summed E-state index contributed by atoms with van der Waals surface area (Å²) >= 11 is 0. The van der Waals surface area contributed by atoms with Crippen molar-refractivity contribution in [1.82, 2.24) is 14.1 Å². The summed E-state index contributed by atoms with van der Waals surface area (Å²) in [6.07, 6.45) is 2.40. The van der Waals surface area contributed by atoms with Gasteiger partial charge in [0.2, 0.25) is 15.9 Å². The molecule has 9 heteroatoms. The second-order valence-corrected chi connectivity index (χ2v) is 7.82. The minimum Gasteiger partial charge on any atom is -0.368 e. The minimum absolute atomic E-state index is 0.00199. The van der Waals surface area contributed by atoms with Gasteiger partial charge in [0.25, 0.3) is 5.91 Å². The Balaban J connectivity index is 1.81. The molecule has 0 radical (unpaired) electrons. The van der Waals surface area contributed by atoms with Gasteiger partial charge >= 0.3 is 0 Å². The highest BCUT2D eigenvalue weighted by molar-refractivity contribution is 7.88. The number of carbonyl (C=O) groups is 2. The molecule has 0 N–H and O–H groups in total. The Bertz CT molecular complexity index is 522. The van der Waals surface area contributed by atoms with Crippen molar-refractivity contribution in [1.29, 1.82) is 0 Å². The number of piperazine rings is 1. The van der Waals surface area contributed by atoms with Crippen LogP contribution in [0.15, 0.2) is 0 Å². The number of likely N-dealkylation sites (N-methyl/N-ethyl adjacent to an activating group) is 1. The van der Waals surface area contributed by atoms with E-state index in [4.69, 9.17) is 4.74 Å². The molecule has 0 aromatic heterocycles. The smallest absolute Gasteiger partial charge is 0.251 e. The van der Waals surface area contributed by atoms with E-state index in [1.54, 1.807) is 9.80 Å². The van der Waals surface area contributed by atoms with Crippen LogP contribution >= 0.6 is 0 Å². The Morgan fingerprint density at radius 3 is 2.27 bits per heavy atom. The lowest BCUT2D eigenvalue weighted by Gasteiger charge is -2.36. The maximum absolute atomic E-state index is 12.2. The number of amides is 2. The summed E-state index contributed by atoms with van der Waals surface area (Å²) in [4.78, 5) is 27.6. The lowest BCUT2D eigenvalue weighted by molar-refractivity contribution is -0.146. The topological polar surface area (TPSA) is 87.2 Å². The van der Waals surface area contributed by atoms with E-state index in [0.717, 1.165) is 23.4 Å². The molecule has 0 aromatic rings. The second kappa shape index (κ2) is 6.93. The van der Waals surface area contributed by atoms with Crippen LogP contribution in [-0.2, 0) is 24.3 Å². The van der Waals surface area contributed by atoms with Gasteiger partial charge in [-0.25, -0.2) is 8.42 Å². The van der Waals surface area contributed by atoms with Crippen molar-refractivity contribution in [2.24, 2.45) is 0 Å². The van der Waals surface area contributed by atoms with Crippen LogP contribution in [0.2, 0.25) is 0 Å². The summed E-state index contributed by atoms with van der Waals surface area (Å²) in [7, 11) is -1.99. The molecule has 2 fully saturated rings. The Morgan fingerprint density at radius 2 is 1.77 bits per heavy atom. The monoisotopic (exact) mass is 333 g/mol. The third kappa shape index (κ3) is 4.17. The van der Waals surface area contributed by atoms with Crippen LogP contribution in [0.3, 0.4) is 0 Å². The van der Waals surface area contributed by atoms with Gasteiger partial charge in [-0.3, -0.25) is 9.59 Å². The molecule has 0 bridgehead atoms. The quantitative estimate of drug-likeness (QED) is 0.640. The average Bonchev–Trinajstić information content (AvgIpc) is 2.99. The predicted molar refractivity (Wildman–Crippen MR) is 79.6 cm³/mol. The molecular formula is C13H23N3O5S. The van der Waals surface area contributed by atoms with E-state index in [-0.39, 0.29) is 24.5 Å². The highest BCUT2D eigenvalue weighted by atomic mass is 32.2. The molecule has 0 aliphatic carbocycles. The van der Waals surface area contributed by atoms with Gasteiger partial charge in [0.05, 0.1) is 12.8 Å². The van der Waals surface area contributed by atoms with Crippen molar-refractivity contribution in [3.8, 4) is 0 Å². The molecule has 1 atom stereocenters. The van der Waals surface area contributed by atoms with E-state index in [0.29, 0.717) is 32.8 Å².